The van der Waals surface area contributed by atoms with Crippen LogP contribution in [0.1, 0.15) is 36.9 Å². The maximum atomic E-state index is 12.4. The van der Waals surface area contributed by atoms with E-state index in [2.05, 4.69) is 20.2 Å². The number of piperidine rings is 1. The molecule has 0 saturated carbocycles. The SMILES string of the molecule is COCCc1noc([C@@H]2CCCN(C(=O)CCn3cncn3)C2)n1. The van der Waals surface area contributed by atoms with Crippen LogP contribution in [0.4, 0.5) is 0 Å². The van der Waals surface area contributed by atoms with Crippen molar-refractivity contribution in [3.05, 3.63) is 24.4 Å². The summed E-state index contributed by atoms with van der Waals surface area (Å²) in [5, 5.41) is 8.00. The van der Waals surface area contributed by atoms with Crippen molar-refractivity contribution in [2.75, 3.05) is 26.8 Å². The van der Waals surface area contributed by atoms with E-state index in [1.807, 2.05) is 4.90 Å². The molecule has 1 aliphatic rings. The largest absolute Gasteiger partial charge is 0.384 e. The molecule has 1 saturated heterocycles. The molecule has 1 amide bonds. The molecule has 2 aromatic heterocycles. The number of methoxy groups -OCH3 is 1. The van der Waals surface area contributed by atoms with E-state index in [9.17, 15) is 4.79 Å². The summed E-state index contributed by atoms with van der Waals surface area (Å²) in [6.07, 6.45) is 6.03. The fourth-order valence-corrected chi connectivity index (χ4v) is 2.85. The second-order valence-corrected chi connectivity index (χ2v) is 5.88. The van der Waals surface area contributed by atoms with Crippen LogP contribution >= 0.6 is 0 Å². The smallest absolute Gasteiger partial charge is 0.231 e. The molecule has 130 valence electrons. The van der Waals surface area contributed by atoms with Gasteiger partial charge in [0, 0.05) is 33.0 Å². The molecule has 0 aliphatic carbocycles. The van der Waals surface area contributed by atoms with E-state index in [0.29, 0.717) is 44.3 Å². The van der Waals surface area contributed by atoms with Gasteiger partial charge in [-0.2, -0.15) is 10.1 Å². The fourth-order valence-electron chi connectivity index (χ4n) is 2.85. The molecule has 2 aromatic rings. The molecule has 3 rings (SSSR count). The molecular weight excluding hydrogens is 312 g/mol. The Kier molecular flexibility index (Phi) is 5.52. The number of hydrogen-bond donors (Lipinski definition) is 0. The van der Waals surface area contributed by atoms with E-state index in [4.69, 9.17) is 9.26 Å². The summed E-state index contributed by atoms with van der Waals surface area (Å²) in [6.45, 7) is 2.51. The van der Waals surface area contributed by atoms with Crippen molar-refractivity contribution < 1.29 is 14.1 Å². The van der Waals surface area contributed by atoms with E-state index < -0.39 is 0 Å². The van der Waals surface area contributed by atoms with Crippen molar-refractivity contribution in [2.45, 2.75) is 38.1 Å². The van der Waals surface area contributed by atoms with E-state index in [1.54, 1.807) is 18.1 Å². The minimum absolute atomic E-state index is 0.109. The Morgan fingerprint density at radius 1 is 1.50 bits per heavy atom. The van der Waals surface area contributed by atoms with Crippen LogP contribution in [0.2, 0.25) is 0 Å². The average Bonchev–Trinajstić information content (AvgIpc) is 3.29. The van der Waals surface area contributed by atoms with Gasteiger partial charge in [-0.05, 0) is 12.8 Å². The zero-order valence-electron chi connectivity index (χ0n) is 13.8. The molecule has 24 heavy (non-hydrogen) atoms. The van der Waals surface area contributed by atoms with Crippen LogP contribution in [-0.2, 0) is 22.5 Å². The minimum atomic E-state index is 0.109. The highest BCUT2D eigenvalue weighted by atomic mass is 16.5. The highest BCUT2D eigenvalue weighted by Crippen LogP contribution is 2.26. The average molecular weight is 334 g/mol. The fraction of sp³-hybridized carbons (Fsp3) is 0.667. The van der Waals surface area contributed by atoms with E-state index in [0.717, 1.165) is 19.4 Å². The van der Waals surface area contributed by atoms with Gasteiger partial charge in [0.15, 0.2) is 5.82 Å². The summed E-state index contributed by atoms with van der Waals surface area (Å²) in [6, 6.07) is 0. The lowest BCUT2D eigenvalue weighted by atomic mass is 9.97. The monoisotopic (exact) mass is 334 g/mol. The van der Waals surface area contributed by atoms with Gasteiger partial charge in [-0.25, -0.2) is 4.98 Å². The first-order valence-electron chi connectivity index (χ1n) is 8.18. The van der Waals surface area contributed by atoms with Gasteiger partial charge in [0.1, 0.15) is 12.7 Å². The first-order valence-corrected chi connectivity index (χ1v) is 8.18. The second kappa shape index (κ2) is 8.00. The molecule has 0 unspecified atom stereocenters. The number of aryl methyl sites for hydroxylation is 1. The van der Waals surface area contributed by atoms with Crippen LogP contribution in [0.25, 0.3) is 0 Å². The van der Waals surface area contributed by atoms with Crippen LogP contribution in [0.3, 0.4) is 0 Å². The lowest BCUT2D eigenvalue weighted by Gasteiger charge is -2.31. The molecule has 3 heterocycles. The summed E-state index contributed by atoms with van der Waals surface area (Å²) < 4.78 is 12.1. The molecular formula is C15H22N6O3. The number of carbonyl (C=O) groups is 1. The van der Waals surface area contributed by atoms with Gasteiger partial charge >= 0.3 is 0 Å². The predicted molar refractivity (Wildman–Crippen MR) is 83.1 cm³/mol. The van der Waals surface area contributed by atoms with Crippen molar-refractivity contribution in [3.8, 4) is 0 Å². The standard InChI is InChI=1S/C15H22N6O3/c1-23-8-5-13-18-15(24-19-13)12-3-2-6-20(9-12)14(22)4-7-21-11-16-10-17-21/h10-12H,2-9H2,1H3/t12-/m1/s1. The molecule has 0 bridgehead atoms. The number of ether oxygens (including phenoxy) is 1. The Labute approximate surface area is 140 Å². The quantitative estimate of drug-likeness (QED) is 0.733. The van der Waals surface area contributed by atoms with Crippen molar-refractivity contribution >= 4 is 5.91 Å². The number of likely N-dealkylation sites (tertiary alicyclic amines) is 1. The van der Waals surface area contributed by atoms with Crippen LogP contribution in [-0.4, -0.2) is 62.5 Å². The van der Waals surface area contributed by atoms with E-state index in [-0.39, 0.29) is 11.8 Å². The zero-order valence-corrected chi connectivity index (χ0v) is 13.8. The van der Waals surface area contributed by atoms with Gasteiger partial charge in [0.2, 0.25) is 11.8 Å². The number of nitrogens with zero attached hydrogens (tertiary/aromatic N) is 6. The summed E-state index contributed by atoms with van der Waals surface area (Å²) in [5.74, 6) is 1.50. The Morgan fingerprint density at radius 2 is 2.42 bits per heavy atom. The second-order valence-electron chi connectivity index (χ2n) is 5.88. The number of amides is 1. The lowest BCUT2D eigenvalue weighted by molar-refractivity contribution is -0.132. The topological polar surface area (TPSA) is 99.2 Å². The summed E-state index contributed by atoms with van der Waals surface area (Å²) in [4.78, 5) is 22.6. The van der Waals surface area contributed by atoms with Gasteiger partial charge in [-0.15, -0.1) is 0 Å². The van der Waals surface area contributed by atoms with Crippen molar-refractivity contribution in [1.82, 2.24) is 29.8 Å². The van der Waals surface area contributed by atoms with Gasteiger partial charge < -0.3 is 14.2 Å². The Balaban J connectivity index is 1.53. The van der Waals surface area contributed by atoms with Crippen molar-refractivity contribution in [1.29, 1.82) is 0 Å². The van der Waals surface area contributed by atoms with Crippen molar-refractivity contribution in [3.63, 3.8) is 0 Å². The Morgan fingerprint density at radius 3 is 3.21 bits per heavy atom. The van der Waals surface area contributed by atoms with Gasteiger partial charge in [-0.3, -0.25) is 9.48 Å². The molecule has 9 heteroatoms. The first kappa shape index (κ1) is 16.6. The number of carbonyl (C=O) groups excluding carboxylic acids is 1. The van der Waals surface area contributed by atoms with Gasteiger partial charge in [0.05, 0.1) is 19.1 Å². The summed E-state index contributed by atoms with van der Waals surface area (Å²) >= 11 is 0. The predicted octanol–water partition coefficient (Wildman–Crippen LogP) is 0.646. The van der Waals surface area contributed by atoms with Crippen LogP contribution in [0.15, 0.2) is 17.2 Å². The number of hydrogen-bond acceptors (Lipinski definition) is 7. The third-order valence-electron chi connectivity index (χ3n) is 4.16. The Bertz CT molecular complexity index is 641. The maximum Gasteiger partial charge on any atom is 0.231 e. The third-order valence-corrected chi connectivity index (χ3v) is 4.16. The molecule has 0 spiro atoms. The highest BCUT2D eigenvalue weighted by molar-refractivity contribution is 5.76. The third kappa shape index (κ3) is 4.16. The van der Waals surface area contributed by atoms with Crippen LogP contribution in [0, 0.1) is 0 Å². The Hall–Kier alpha value is -2.29. The van der Waals surface area contributed by atoms with E-state index in [1.165, 1.54) is 6.33 Å². The minimum Gasteiger partial charge on any atom is -0.384 e. The maximum absolute atomic E-state index is 12.4. The first-order chi connectivity index (χ1) is 11.8. The van der Waals surface area contributed by atoms with Crippen LogP contribution < -0.4 is 0 Å². The summed E-state index contributed by atoms with van der Waals surface area (Å²) in [5.41, 5.74) is 0. The molecule has 1 fully saturated rings. The van der Waals surface area contributed by atoms with Gasteiger partial charge in [-0.1, -0.05) is 5.16 Å². The molecule has 1 aliphatic heterocycles. The number of aromatic nitrogens is 5. The van der Waals surface area contributed by atoms with E-state index >= 15 is 0 Å². The molecule has 0 aromatic carbocycles. The summed E-state index contributed by atoms with van der Waals surface area (Å²) in [7, 11) is 1.64. The normalized spacial score (nSPS) is 18.0. The zero-order chi connectivity index (χ0) is 16.8. The van der Waals surface area contributed by atoms with Crippen LogP contribution in [0.5, 0.6) is 0 Å². The lowest BCUT2D eigenvalue weighted by Crippen LogP contribution is -2.39. The molecule has 9 nitrogen and oxygen atoms in total. The molecule has 0 radical (unpaired) electrons. The highest BCUT2D eigenvalue weighted by Gasteiger charge is 2.28. The number of rotatable bonds is 7. The molecule has 0 N–H and O–H groups in total. The molecule has 1 atom stereocenters. The van der Waals surface area contributed by atoms with Crippen molar-refractivity contribution in [2.24, 2.45) is 0 Å². The van der Waals surface area contributed by atoms with Gasteiger partial charge in [0.25, 0.3) is 0 Å².